The van der Waals surface area contributed by atoms with Crippen LogP contribution in [0.5, 0.6) is 0 Å². The molecule has 0 aromatic heterocycles. The summed E-state index contributed by atoms with van der Waals surface area (Å²) >= 11 is 0. The first-order chi connectivity index (χ1) is 10.8. The van der Waals surface area contributed by atoms with Crippen LogP contribution in [-0.4, -0.2) is 76.6 Å². The fraction of sp³-hybridized carbons (Fsp3) is 0.938. The molecule has 22 heavy (non-hydrogen) atoms. The molecule has 1 saturated heterocycles. The van der Waals surface area contributed by atoms with Crippen LogP contribution in [0, 0.1) is 5.41 Å². The van der Waals surface area contributed by atoms with Gasteiger partial charge < -0.3 is 20.1 Å². The highest BCUT2D eigenvalue weighted by molar-refractivity contribution is 5.80. The van der Waals surface area contributed by atoms with E-state index in [1.165, 1.54) is 19.3 Å². The normalized spacial score (nSPS) is 31.5. The molecule has 3 aliphatic rings. The smallest absolute Gasteiger partial charge is 0.191 e. The zero-order valence-corrected chi connectivity index (χ0v) is 13.9. The minimum atomic E-state index is 0.372. The Balaban J connectivity index is 1.41. The Morgan fingerprint density at radius 1 is 1.36 bits per heavy atom. The number of nitrogens with one attached hydrogen (secondary N) is 2. The van der Waals surface area contributed by atoms with Gasteiger partial charge in [-0.2, -0.15) is 0 Å². The molecule has 126 valence electrons. The third-order valence-electron chi connectivity index (χ3n) is 5.71. The number of ether oxygens (including phenoxy) is 2. The Morgan fingerprint density at radius 3 is 2.73 bits per heavy atom. The molecule has 2 aliphatic carbocycles. The second kappa shape index (κ2) is 7.15. The predicted molar refractivity (Wildman–Crippen MR) is 87.2 cm³/mol. The summed E-state index contributed by atoms with van der Waals surface area (Å²) < 4.78 is 11.0. The molecule has 2 unspecified atom stereocenters. The first-order valence-electron chi connectivity index (χ1n) is 8.58. The predicted octanol–water partition coefficient (Wildman–Crippen LogP) is 0.441. The van der Waals surface area contributed by atoms with Crippen LogP contribution < -0.4 is 10.6 Å². The molecule has 0 radical (unpaired) electrons. The van der Waals surface area contributed by atoms with Gasteiger partial charge in [0.2, 0.25) is 0 Å². The highest BCUT2D eigenvalue weighted by Gasteiger charge is 2.58. The molecule has 0 aromatic carbocycles. The molecule has 2 saturated carbocycles. The van der Waals surface area contributed by atoms with Crippen LogP contribution in [-0.2, 0) is 9.47 Å². The molecular weight excluding hydrogens is 280 g/mol. The van der Waals surface area contributed by atoms with E-state index in [0.717, 1.165) is 51.8 Å². The molecule has 0 amide bonds. The minimum absolute atomic E-state index is 0.372. The Bertz CT molecular complexity index is 392. The molecule has 1 aliphatic heterocycles. The van der Waals surface area contributed by atoms with E-state index in [2.05, 4.69) is 20.5 Å². The first-order valence-corrected chi connectivity index (χ1v) is 8.58. The lowest BCUT2D eigenvalue weighted by molar-refractivity contribution is -0.157. The summed E-state index contributed by atoms with van der Waals surface area (Å²) in [6, 6.07) is 0.515. The summed E-state index contributed by atoms with van der Waals surface area (Å²) in [6.07, 6.45) is 5.44. The molecule has 1 spiro atoms. The van der Waals surface area contributed by atoms with Gasteiger partial charge in [-0.15, -0.1) is 0 Å². The number of nitrogens with zero attached hydrogens (tertiary/aromatic N) is 2. The Hall–Kier alpha value is -0.850. The third-order valence-corrected chi connectivity index (χ3v) is 5.71. The van der Waals surface area contributed by atoms with Gasteiger partial charge >= 0.3 is 0 Å². The van der Waals surface area contributed by atoms with Gasteiger partial charge in [-0.1, -0.05) is 6.42 Å². The Morgan fingerprint density at radius 2 is 2.14 bits per heavy atom. The van der Waals surface area contributed by atoms with E-state index >= 15 is 0 Å². The lowest BCUT2D eigenvalue weighted by Gasteiger charge is -2.60. The molecule has 3 fully saturated rings. The maximum atomic E-state index is 5.63. The van der Waals surface area contributed by atoms with Gasteiger partial charge in [-0.25, -0.2) is 0 Å². The van der Waals surface area contributed by atoms with Crippen LogP contribution in [0.4, 0.5) is 0 Å². The van der Waals surface area contributed by atoms with Gasteiger partial charge in [0.15, 0.2) is 5.96 Å². The Labute approximate surface area is 133 Å². The maximum absolute atomic E-state index is 5.63. The molecule has 6 nitrogen and oxygen atoms in total. The fourth-order valence-electron chi connectivity index (χ4n) is 4.05. The second-order valence-electron chi connectivity index (χ2n) is 6.70. The highest BCUT2D eigenvalue weighted by Crippen LogP contribution is 2.57. The largest absolute Gasteiger partial charge is 0.381 e. The van der Waals surface area contributed by atoms with Gasteiger partial charge in [0.1, 0.15) is 0 Å². The topological polar surface area (TPSA) is 58.1 Å². The number of hydrogen-bond acceptors (Lipinski definition) is 4. The molecule has 2 atom stereocenters. The SMILES string of the molecule is CN=C(NCCN1CCOCC1)NC1CC(OC)C12CCC2. The summed E-state index contributed by atoms with van der Waals surface area (Å²) in [7, 11) is 3.69. The van der Waals surface area contributed by atoms with Crippen molar-refractivity contribution in [2.75, 3.05) is 53.6 Å². The number of rotatable bonds is 5. The van der Waals surface area contributed by atoms with E-state index in [9.17, 15) is 0 Å². The van der Waals surface area contributed by atoms with Crippen LogP contribution in [0.2, 0.25) is 0 Å². The summed E-state index contributed by atoms with van der Waals surface area (Å²) in [4.78, 5) is 6.81. The molecule has 2 N–H and O–H groups in total. The van der Waals surface area contributed by atoms with Gasteiger partial charge in [0.25, 0.3) is 0 Å². The van der Waals surface area contributed by atoms with E-state index in [0.29, 0.717) is 17.6 Å². The van der Waals surface area contributed by atoms with Gasteiger partial charge in [-0.3, -0.25) is 9.89 Å². The third kappa shape index (κ3) is 3.09. The summed E-state index contributed by atoms with van der Waals surface area (Å²) in [5, 5.41) is 7.06. The van der Waals surface area contributed by atoms with Crippen LogP contribution >= 0.6 is 0 Å². The lowest BCUT2D eigenvalue weighted by Crippen LogP contribution is -2.68. The van der Waals surface area contributed by atoms with Crippen molar-refractivity contribution in [1.82, 2.24) is 15.5 Å². The lowest BCUT2D eigenvalue weighted by atomic mass is 9.51. The minimum Gasteiger partial charge on any atom is -0.381 e. The Kier molecular flexibility index (Phi) is 5.21. The van der Waals surface area contributed by atoms with Crippen LogP contribution in [0.15, 0.2) is 4.99 Å². The average Bonchev–Trinajstić information content (AvgIpc) is 2.48. The van der Waals surface area contributed by atoms with E-state index in [-0.39, 0.29) is 0 Å². The van der Waals surface area contributed by atoms with Crippen molar-refractivity contribution in [2.24, 2.45) is 10.4 Å². The van der Waals surface area contributed by atoms with Crippen molar-refractivity contribution >= 4 is 5.96 Å². The summed E-state index contributed by atoms with van der Waals surface area (Å²) in [6.45, 7) is 5.75. The number of guanidine groups is 1. The molecule has 0 aromatic rings. The van der Waals surface area contributed by atoms with Crippen LogP contribution in [0.3, 0.4) is 0 Å². The maximum Gasteiger partial charge on any atom is 0.191 e. The fourth-order valence-corrected chi connectivity index (χ4v) is 4.05. The van der Waals surface area contributed by atoms with Gasteiger partial charge in [0.05, 0.1) is 19.3 Å². The molecular formula is C16H30N4O2. The number of methoxy groups -OCH3 is 1. The molecule has 3 rings (SSSR count). The number of morpholine rings is 1. The quantitative estimate of drug-likeness (QED) is 0.570. The van der Waals surface area contributed by atoms with Crippen molar-refractivity contribution < 1.29 is 9.47 Å². The van der Waals surface area contributed by atoms with Crippen molar-refractivity contribution in [2.45, 2.75) is 37.8 Å². The first kappa shape index (κ1) is 16.0. The van der Waals surface area contributed by atoms with Crippen LogP contribution in [0.1, 0.15) is 25.7 Å². The van der Waals surface area contributed by atoms with E-state index in [1.807, 2.05) is 14.2 Å². The van der Waals surface area contributed by atoms with Gasteiger partial charge in [-0.05, 0) is 19.3 Å². The van der Waals surface area contributed by atoms with Crippen molar-refractivity contribution in [3.63, 3.8) is 0 Å². The monoisotopic (exact) mass is 310 g/mol. The second-order valence-corrected chi connectivity index (χ2v) is 6.70. The van der Waals surface area contributed by atoms with E-state index in [4.69, 9.17) is 9.47 Å². The average molecular weight is 310 g/mol. The zero-order chi connectivity index (χ0) is 15.4. The molecule has 6 heteroatoms. The van der Waals surface area contributed by atoms with E-state index < -0.39 is 0 Å². The van der Waals surface area contributed by atoms with E-state index in [1.54, 1.807) is 0 Å². The highest BCUT2D eigenvalue weighted by atomic mass is 16.5. The van der Waals surface area contributed by atoms with Crippen molar-refractivity contribution in [3.05, 3.63) is 0 Å². The van der Waals surface area contributed by atoms with Crippen LogP contribution in [0.25, 0.3) is 0 Å². The summed E-state index contributed by atoms with van der Waals surface area (Å²) in [5.74, 6) is 0.930. The standard InChI is InChI=1S/C16H30N4O2/c1-17-15(18-6-7-20-8-10-22-11-9-20)19-13-12-14(21-2)16(13)4-3-5-16/h13-14H,3-12H2,1-2H3,(H2,17,18,19). The van der Waals surface area contributed by atoms with Gasteiger partial charge in [0, 0.05) is 51.8 Å². The van der Waals surface area contributed by atoms with Crippen molar-refractivity contribution in [1.29, 1.82) is 0 Å². The van der Waals surface area contributed by atoms with Crippen molar-refractivity contribution in [3.8, 4) is 0 Å². The zero-order valence-electron chi connectivity index (χ0n) is 13.9. The molecule has 1 heterocycles. The number of hydrogen-bond donors (Lipinski definition) is 2. The number of aliphatic imine (C=N–C) groups is 1. The molecule has 0 bridgehead atoms. The summed E-state index contributed by atoms with van der Waals surface area (Å²) in [5.41, 5.74) is 0.372.